The summed E-state index contributed by atoms with van der Waals surface area (Å²) in [5.41, 5.74) is 1.04. The maximum atomic E-state index is 11.4. The molecule has 0 aromatic carbocycles. The Morgan fingerprint density at radius 2 is 2.38 bits per heavy atom. The second kappa shape index (κ2) is 6.26. The van der Waals surface area contributed by atoms with Crippen molar-refractivity contribution in [3.05, 3.63) is 10.6 Å². The Morgan fingerprint density at radius 1 is 1.62 bits per heavy atom. The molecule has 0 aliphatic heterocycles. The zero-order valence-electron chi connectivity index (χ0n) is 9.46. The number of amides is 1. The predicted octanol–water partition coefficient (Wildman–Crippen LogP) is 1.18. The third-order valence-electron chi connectivity index (χ3n) is 1.99. The van der Waals surface area contributed by atoms with Gasteiger partial charge in [0.2, 0.25) is 5.91 Å². The molecule has 0 saturated heterocycles. The van der Waals surface area contributed by atoms with Crippen LogP contribution in [-0.2, 0) is 11.2 Å². The second-order valence-corrected chi connectivity index (χ2v) is 4.43. The number of nitrogens with zero attached hydrogens (tertiary/aromatic N) is 1. The number of aromatic nitrogens is 1. The Labute approximate surface area is 99.5 Å². The van der Waals surface area contributed by atoms with Gasteiger partial charge in [-0.2, -0.15) is 0 Å². The summed E-state index contributed by atoms with van der Waals surface area (Å²) < 4.78 is 0. The molecule has 0 saturated carbocycles. The lowest BCUT2D eigenvalue weighted by Crippen LogP contribution is -2.28. The predicted molar refractivity (Wildman–Crippen MR) is 66.6 cm³/mol. The maximum absolute atomic E-state index is 11.4. The van der Waals surface area contributed by atoms with Crippen LogP contribution in [0, 0.1) is 19.3 Å². The van der Waals surface area contributed by atoms with Gasteiger partial charge in [-0.15, -0.1) is 17.8 Å². The van der Waals surface area contributed by atoms with E-state index in [0.29, 0.717) is 11.7 Å². The first-order valence-electron chi connectivity index (χ1n) is 5.07. The van der Waals surface area contributed by atoms with E-state index in [1.807, 2.05) is 13.8 Å². The van der Waals surface area contributed by atoms with Crippen LogP contribution in [0.4, 0.5) is 5.13 Å². The minimum atomic E-state index is -0.119. The lowest BCUT2D eigenvalue weighted by Gasteiger charge is -2.00. The summed E-state index contributed by atoms with van der Waals surface area (Å²) in [7, 11) is 0. The minimum absolute atomic E-state index is 0.119. The molecule has 0 atom stereocenters. The molecule has 5 heteroatoms. The fourth-order valence-electron chi connectivity index (χ4n) is 1.22. The summed E-state index contributed by atoms with van der Waals surface area (Å²) in [4.78, 5) is 16.9. The van der Waals surface area contributed by atoms with Crippen LogP contribution in [0.5, 0.6) is 0 Å². The van der Waals surface area contributed by atoms with Crippen LogP contribution in [0.1, 0.15) is 17.5 Å². The first-order valence-corrected chi connectivity index (χ1v) is 5.89. The first-order chi connectivity index (χ1) is 7.67. The molecule has 2 N–H and O–H groups in total. The van der Waals surface area contributed by atoms with Crippen LogP contribution in [0.15, 0.2) is 0 Å². The molecule has 0 bridgehead atoms. The van der Waals surface area contributed by atoms with Crippen molar-refractivity contribution in [1.29, 1.82) is 0 Å². The quantitative estimate of drug-likeness (QED) is 0.597. The highest BCUT2D eigenvalue weighted by molar-refractivity contribution is 7.15. The number of terminal acetylenes is 1. The van der Waals surface area contributed by atoms with Gasteiger partial charge in [-0.25, -0.2) is 4.98 Å². The summed E-state index contributed by atoms with van der Waals surface area (Å²) in [5.74, 6) is 2.29. The van der Waals surface area contributed by atoms with Crippen molar-refractivity contribution in [3.8, 4) is 12.3 Å². The Morgan fingerprint density at radius 3 is 2.94 bits per heavy atom. The van der Waals surface area contributed by atoms with Gasteiger partial charge in [0, 0.05) is 4.88 Å². The summed E-state index contributed by atoms with van der Waals surface area (Å²) in [5, 5.41) is 6.21. The Balaban J connectivity index is 2.47. The number of nitrogens with one attached hydrogen (secondary N) is 2. The van der Waals surface area contributed by atoms with Crippen molar-refractivity contribution in [2.24, 2.45) is 0 Å². The van der Waals surface area contributed by atoms with Gasteiger partial charge in [0.15, 0.2) is 5.13 Å². The minimum Gasteiger partial charge on any atom is -0.301 e. The normalized spacial score (nSPS) is 9.81. The van der Waals surface area contributed by atoms with Crippen molar-refractivity contribution in [2.45, 2.75) is 20.3 Å². The van der Waals surface area contributed by atoms with Gasteiger partial charge in [0.25, 0.3) is 0 Å². The molecule has 1 heterocycles. The number of carbonyl (C=O) groups is 1. The van der Waals surface area contributed by atoms with Crippen LogP contribution in [0.25, 0.3) is 0 Å². The summed E-state index contributed by atoms with van der Waals surface area (Å²) in [6.07, 6.45) is 5.94. The van der Waals surface area contributed by atoms with Crippen molar-refractivity contribution >= 4 is 22.4 Å². The van der Waals surface area contributed by atoms with E-state index in [4.69, 9.17) is 6.42 Å². The molecular formula is C11H15N3OS. The summed E-state index contributed by atoms with van der Waals surface area (Å²) in [6, 6.07) is 0. The van der Waals surface area contributed by atoms with Gasteiger partial charge in [-0.3, -0.25) is 10.1 Å². The lowest BCUT2D eigenvalue weighted by molar-refractivity contribution is -0.115. The largest absolute Gasteiger partial charge is 0.301 e. The SMILES string of the molecule is C#CCNCC(=O)Nc1nc(CC)c(C)s1. The average molecular weight is 237 g/mol. The molecule has 1 rings (SSSR count). The third kappa shape index (κ3) is 3.65. The molecule has 1 amide bonds. The van der Waals surface area contributed by atoms with Gasteiger partial charge in [0.05, 0.1) is 18.8 Å². The number of hydrogen-bond acceptors (Lipinski definition) is 4. The smallest absolute Gasteiger partial charge is 0.240 e. The highest BCUT2D eigenvalue weighted by atomic mass is 32.1. The van der Waals surface area contributed by atoms with E-state index in [-0.39, 0.29) is 12.5 Å². The second-order valence-electron chi connectivity index (χ2n) is 3.23. The van der Waals surface area contributed by atoms with E-state index < -0.39 is 0 Å². The Hall–Kier alpha value is -1.38. The number of thiazole rings is 1. The maximum Gasteiger partial charge on any atom is 0.240 e. The average Bonchev–Trinajstić information content (AvgIpc) is 2.59. The monoisotopic (exact) mass is 237 g/mol. The lowest BCUT2D eigenvalue weighted by atomic mass is 10.3. The fourth-order valence-corrected chi connectivity index (χ4v) is 2.14. The number of rotatable bonds is 5. The molecule has 0 fully saturated rings. The van der Waals surface area contributed by atoms with Crippen LogP contribution >= 0.6 is 11.3 Å². The molecule has 0 spiro atoms. The molecule has 1 aromatic heterocycles. The van der Waals surface area contributed by atoms with Crippen LogP contribution in [0.2, 0.25) is 0 Å². The van der Waals surface area contributed by atoms with Gasteiger partial charge < -0.3 is 5.32 Å². The number of carbonyl (C=O) groups excluding carboxylic acids is 1. The molecule has 86 valence electrons. The molecule has 0 radical (unpaired) electrons. The molecule has 0 unspecified atom stereocenters. The standard InChI is InChI=1S/C11H15N3OS/c1-4-6-12-7-10(15)14-11-13-9(5-2)8(3)16-11/h1,12H,5-7H2,2-3H3,(H,13,14,15). The van der Waals surface area contributed by atoms with Crippen LogP contribution in [0.3, 0.4) is 0 Å². The molecule has 0 aliphatic carbocycles. The fraction of sp³-hybridized carbons (Fsp3) is 0.455. The van der Waals surface area contributed by atoms with E-state index >= 15 is 0 Å². The van der Waals surface area contributed by atoms with Crippen molar-refractivity contribution < 1.29 is 4.79 Å². The number of anilines is 1. The van der Waals surface area contributed by atoms with E-state index in [1.54, 1.807) is 0 Å². The zero-order valence-corrected chi connectivity index (χ0v) is 10.3. The molecule has 1 aromatic rings. The highest BCUT2D eigenvalue weighted by Crippen LogP contribution is 2.21. The first kappa shape index (κ1) is 12.7. The van der Waals surface area contributed by atoms with E-state index in [2.05, 4.69) is 21.5 Å². The van der Waals surface area contributed by atoms with Crippen molar-refractivity contribution in [2.75, 3.05) is 18.4 Å². The topological polar surface area (TPSA) is 54.0 Å². The van der Waals surface area contributed by atoms with Gasteiger partial charge in [-0.1, -0.05) is 12.8 Å². The summed E-state index contributed by atoms with van der Waals surface area (Å²) in [6.45, 7) is 4.65. The number of hydrogen-bond donors (Lipinski definition) is 2. The van der Waals surface area contributed by atoms with Gasteiger partial charge in [-0.05, 0) is 13.3 Å². The number of aryl methyl sites for hydroxylation is 2. The van der Waals surface area contributed by atoms with Crippen molar-refractivity contribution in [1.82, 2.24) is 10.3 Å². The molecule has 4 nitrogen and oxygen atoms in total. The summed E-state index contributed by atoms with van der Waals surface area (Å²) >= 11 is 1.50. The van der Waals surface area contributed by atoms with Gasteiger partial charge in [0.1, 0.15) is 0 Å². The highest BCUT2D eigenvalue weighted by Gasteiger charge is 2.08. The Kier molecular flexibility index (Phi) is 4.96. The third-order valence-corrected chi connectivity index (χ3v) is 2.92. The van der Waals surface area contributed by atoms with Crippen LogP contribution < -0.4 is 10.6 Å². The van der Waals surface area contributed by atoms with Crippen molar-refractivity contribution in [3.63, 3.8) is 0 Å². The molecule has 0 aliphatic rings. The van der Waals surface area contributed by atoms with E-state index in [0.717, 1.165) is 17.0 Å². The van der Waals surface area contributed by atoms with E-state index in [9.17, 15) is 4.79 Å². The van der Waals surface area contributed by atoms with Crippen LogP contribution in [-0.4, -0.2) is 24.0 Å². The molecular weight excluding hydrogens is 222 g/mol. The zero-order chi connectivity index (χ0) is 12.0. The van der Waals surface area contributed by atoms with Gasteiger partial charge >= 0.3 is 0 Å². The Bertz CT molecular complexity index is 406. The van der Waals surface area contributed by atoms with E-state index in [1.165, 1.54) is 11.3 Å². The molecule has 16 heavy (non-hydrogen) atoms.